The molecular formula is C12H12F3N5O2. The Morgan fingerprint density at radius 2 is 1.95 bits per heavy atom. The smallest absolute Gasteiger partial charge is 0.435 e. The van der Waals surface area contributed by atoms with Crippen molar-refractivity contribution in [2.75, 3.05) is 31.1 Å². The molecule has 2 aromatic heterocycles. The molecule has 118 valence electrons. The molecule has 2 aromatic rings. The van der Waals surface area contributed by atoms with Crippen LogP contribution >= 0.6 is 0 Å². The van der Waals surface area contributed by atoms with Gasteiger partial charge in [-0.1, -0.05) is 0 Å². The molecule has 22 heavy (non-hydrogen) atoms. The molecule has 0 aromatic carbocycles. The van der Waals surface area contributed by atoms with Gasteiger partial charge in [-0.2, -0.15) is 22.8 Å². The van der Waals surface area contributed by atoms with E-state index in [1.165, 1.54) is 6.07 Å². The number of piperazine rings is 1. The number of carbonyl (C=O) groups is 1. The monoisotopic (exact) mass is 315 g/mol. The van der Waals surface area contributed by atoms with E-state index in [2.05, 4.69) is 15.4 Å². The molecule has 0 bridgehead atoms. The molecule has 3 heterocycles. The Hall–Kier alpha value is -2.36. The lowest BCUT2D eigenvalue weighted by atomic mass is 10.3. The summed E-state index contributed by atoms with van der Waals surface area (Å²) in [5.74, 6) is -1.01. The average Bonchev–Trinajstić information content (AvgIpc) is 2.91. The number of aromatic nitrogens is 3. The van der Waals surface area contributed by atoms with Gasteiger partial charge in [0.2, 0.25) is 0 Å². The fraction of sp³-hybridized carbons (Fsp3) is 0.417. The third-order valence-electron chi connectivity index (χ3n) is 3.36. The highest BCUT2D eigenvalue weighted by Gasteiger charge is 2.35. The van der Waals surface area contributed by atoms with E-state index in [1.807, 2.05) is 0 Å². The topological polar surface area (TPSA) is 82.8 Å². The molecule has 0 radical (unpaired) electrons. The van der Waals surface area contributed by atoms with Gasteiger partial charge in [-0.05, 0) is 0 Å². The first-order chi connectivity index (χ1) is 10.4. The van der Waals surface area contributed by atoms with Crippen LogP contribution in [0.15, 0.2) is 12.1 Å². The number of fused-ring (bicyclic) bond motifs is 1. The van der Waals surface area contributed by atoms with Crippen LogP contribution in [0.1, 0.15) is 16.2 Å². The van der Waals surface area contributed by atoms with Gasteiger partial charge in [-0.15, -0.1) is 0 Å². The molecule has 1 aliphatic heterocycles. The Morgan fingerprint density at radius 3 is 2.55 bits per heavy atom. The highest BCUT2D eigenvalue weighted by Crippen LogP contribution is 2.30. The van der Waals surface area contributed by atoms with Crippen molar-refractivity contribution in [3.63, 3.8) is 0 Å². The SMILES string of the molecule is O=C(O)c1cc(N2CCNCC2)n2nc(C(F)(F)F)cc2n1. The van der Waals surface area contributed by atoms with Crippen molar-refractivity contribution in [2.24, 2.45) is 0 Å². The van der Waals surface area contributed by atoms with Crippen LogP contribution in [0.25, 0.3) is 5.65 Å². The van der Waals surface area contributed by atoms with Crippen LogP contribution in [-0.2, 0) is 6.18 Å². The second-order valence-corrected chi connectivity index (χ2v) is 4.84. The quantitative estimate of drug-likeness (QED) is 0.855. The Morgan fingerprint density at radius 1 is 1.27 bits per heavy atom. The van der Waals surface area contributed by atoms with Gasteiger partial charge in [0.1, 0.15) is 5.82 Å². The number of nitrogens with zero attached hydrogens (tertiary/aromatic N) is 4. The summed E-state index contributed by atoms with van der Waals surface area (Å²) in [6, 6.07) is 1.99. The van der Waals surface area contributed by atoms with E-state index in [9.17, 15) is 18.0 Å². The summed E-state index contributed by atoms with van der Waals surface area (Å²) >= 11 is 0. The van der Waals surface area contributed by atoms with Crippen LogP contribution in [0.5, 0.6) is 0 Å². The Bertz CT molecular complexity index is 721. The lowest BCUT2D eigenvalue weighted by Crippen LogP contribution is -2.44. The number of aromatic carboxylic acids is 1. The van der Waals surface area contributed by atoms with Crippen molar-refractivity contribution >= 4 is 17.4 Å². The lowest BCUT2D eigenvalue weighted by molar-refractivity contribution is -0.141. The summed E-state index contributed by atoms with van der Waals surface area (Å²) in [4.78, 5) is 16.6. The van der Waals surface area contributed by atoms with Crippen molar-refractivity contribution in [3.8, 4) is 0 Å². The number of hydrogen-bond acceptors (Lipinski definition) is 5. The molecule has 0 aliphatic carbocycles. The Kier molecular flexibility index (Phi) is 3.39. The molecule has 1 saturated heterocycles. The van der Waals surface area contributed by atoms with Crippen LogP contribution in [0.4, 0.5) is 19.0 Å². The number of carboxylic acids is 1. The maximum atomic E-state index is 12.8. The maximum absolute atomic E-state index is 12.8. The van der Waals surface area contributed by atoms with Gasteiger partial charge in [0.05, 0.1) is 0 Å². The average molecular weight is 315 g/mol. The first-order valence-corrected chi connectivity index (χ1v) is 6.53. The van der Waals surface area contributed by atoms with Gasteiger partial charge >= 0.3 is 12.1 Å². The molecular weight excluding hydrogens is 303 g/mol. The van der Waals surface area contributed by atoms with Gasteiger partial charge in [-0.25, -0.2) is 9.78 Å². The van der Waals surface area contributed by atoms with Gasteiger partial charge in [0, 0.05) is 38.3 Å². The number of anilines is 1. The predicted octanol–water partition coefficient (Wildman–Crippen LogP) is 0.856. The van der Waals surface area contributed by atoms with Gasteiger partial charge < -0.3 is 15.3 Å². The number of nitrogens with one attached hydrogen (secondary N) is 1. The van der Waals surface area contributed by atoms with Gasteiger partial charge in [0.15, 0.2) is 17.0 Å². The summed E-state index contributed by atoms with van der Waals surface area (Å²) in [5, 5.41) is 15.7. The van der Waals surface area contributed by atoms with Crippen LogP contribution in [0, 0.1) is 0 Å². The number of halogens is 3. The molecule has 0 saturated carbocycles. The lowest BCUT2D eigenvalue weighted by Gasteiger charge is -2.29. The van der Waals surface area contributed by atoms with E-state index >= 15 is 0 Å². The minimum absolute atomic E-state index is 0.138. The summed E-state index contributed by atoms with van der Waals surface area (Å²) in [6.07, 6.45) is -4.61. The zero-order valence-electron chi connectivity index (χ0n) is 11.3. The molecule has 1 aliphatic rings. The third-order valence-corrected chi connectivity index (χ3v) is 3.36. The second-order valence-electron chi connectivity index (χ2n) is 4.84. The van der Waals surface area contributed by atoms with Gasteiger partial charge in [-0.3, -0.25) is 0 Å². The highest BCUT2D eigenvalue weighted by atomic mass is 19.4. The summed E-state index contributed by atoms with van der Waals surface area (Å²) in [6.45, 7) is 2.39. The van der Waals surface area contributed by atoms with Crippen LogP contribution in [-0.4, -0.2) is 51.9 Å². The van der Waals surface area contributed by atoms with E-state index in [0.29, 0.717) is 32.0 Å². The molecule has 0 atom stereocenters. The first-order valence-electron chi connectivity index (χ1n) is 6.53. The fourth-order valence-electron chi connectivity index (χ4n) is 2.33. The summed E-state index contributed by atoms with van der Waals surface area (Å²) < 4.78 is 39.5. The predicted molar refractivity (Wildman–Crippen MR) is 70.0 cm³/mol. The largest absolute Gasteiger partial charge is 0.477 e. The number of alkyl halides is 3. The molecule has 0 spiro atoms. The second kappa shape index (κ2) is 5.13. The maximum Gasteiger partial charge on any atom is 0.435 e. The summed E-state index contributed by atoms with van der Waals surface area (Å²) in [5.41, 5.74) is -1.55. The van der Waals surface area contributed by atoms with E-state index in [1.54, 1.807) is 4.90 Å². The highest BCUT2D eigenvalue weighted by molar-refractivity contribution is 5.87. The molecule has 7 nitrogen and oxygen atoms in total. The van der Waals surface area contributed by atoms with E-state index in [4.69, 9.17) is 5.11 Å². The number of carboxylic acid groups (broad SMARTS) is 1. The Labute approximate surface area is 122 Å². The van der Waals surface area contributed by atoms with E-state index < -0.39 is 17.8 Å². The molecule has 1 fully saturated rings. The number of hydrogen-bond donors (Lipinski definition) is 2. The zero-order chi connectivity index (χ0) is 15.9. The van der Waals surface area contributed by atoms with E-state index in [0.717, 1.165) is 10.6 Å². The Balaban J connectivity index is 2.18. The molecule has 10 heteroatoms. The molecule has 3 rings (SSSR count). The van der Waals surface area contributed by atoms with Crippen LogP contribution in [0.3, 0.4) is 0 Å². The van der Waals surface area contributed by atoms with Crippen LogP contribution < -0.4 is 10.2 Å². The van der Waals surface area contributed by atoms with Gasteiger partial charge in [0.25, 0.3) is 0 Å². The van der Waals surface area contributed by atoms with Crippen molar-refractivity contribution in [3.05, 3.63) is 23.5 Å². The third kappa shape index (κ3) is 2.56. The summed E-state index contributed by atoms with van der Waals surface area (Å²) in [7, 11) is 0. The first kappa shape index (κ1) is 14.6. The molecule has 0 amide bonds. The molecule has 2 N–H and O–H groups in total. The van der Waals surface area contributed by atoms with E-state index in [-0.39, 0.29) is 11.3 Å². The van der Waals surface area contributed by atoms with Crippen molar-refractivity contribution in [1.82, 2.24) is 19.9 Å². The minimum atomic E-state index is -4.61. The normalized spacial score (nSPS) is 16.2. The van der Waals surface area contributed by atoms with Crippen LogP contribution in [0.2, 0.25) is 0 Å². The standard InChI is InChI=1S/C12H12F3N5O2/c13-12(14,15)8-6-9-17-7(11(21)22)5-10(20(9)18-8)19-3-1-16-2-4-19/h5-6,16H,1-4H2,(H,21,22). The zero-order valence-corrected chi connectivity index (χ0v) is 11.3. The minimum Gasteiger partial charge on any atom is -0.477 e. The van der Waals surface area contributed by atoms with Crippen molar-refractivity contribution < 1.29 is 23.1 Å². The fourth-order valence-corrected chi connectivity index (χ4v) is 2.33. The van der Waals surface area contributed by atoms with Crippen molar-refractivity contribution in [2.45, 2.75) is 6.18 Å². The van der Waals surface area contributed by atoms with Crippen molar-refractivity contribution in [1.29, 1.82) is 0 Å². The molecule has 0 unspecified atom stereocenters. The number of rotatable bonds is 2.